The van der Waals surface area contributed by atoms with E-state index in [1.807, 2.05) is 6.92 Å². The summed E-state index contributed by atoms with van der Waals surface area (Å²) in [6, 6.07) is 1.79. The van der Waals surface area contributed by atoms with Gasteiger partial charge in [0, 0.05) is 46.0 Å². The molecule has 1 aliphatic carbocycles. The average molecular weight is 364 g/mol. The molecule has 1 aromatic heterocycles. The fourth-order valence-corrected chi connectivity index (χ4v) is 3.19. The van der Waals surface area contributed by atoms with E-state index in [1.54, 1.807) is 20.2 Å². The van der Waals surface area contributed by atoms with Crippen LogP contribution in [0, 0.1) is 12.3 Å². The number of ether oxygens (including phenoxy) is 1. The number of rotatable bonds is 10. The molecule has 0 unspecified atom stereocenters. The molecule has 0 spiro atoms. The van der Waals surface area contributed by atoms with Crippen molar-refractivity contribution in [3.63, 3.8) is 0 Å². The van der Waals surface area contributed by atoms with Crippen molar-refractivity contribution in [3.8, 4) is 0 Å². The number of methoxy groups -OCH3 is 1. The average Bonchev–Trinajstić information content (AvgIpc) is 3.04. The summed E-state index contributed by atoms with van der Waals surface area (Å²) in [6.45, 7) is 4.91. The van der Waals surface area contributed by atoms with Crippen molar-refractivity contribution >= 4 is 11.9 Å². The molecule has 1 saturated carbocycles. The van der Waals surface area contributed by atoms with Gasteiger partial charge in [0.1, 0.15) is 0 Å². The standard InChI is InChI=1S/C19H32N4O3/c1-15-6-12-26-16(15)17(24)21-10-5-11-22-18(20-2)23-14-19(7-4-8-19)9-13-25-3/h6,12H,4-5,7-11,13-14H2,1-3H3,(H,21,24)(H2,20,22,23). The van der Waals surface area contributed by atoms with E-state index in [0.29, 0.717) is 17.7 Å². The molecule has 146 valence electrons. The summed E-state index contributed by atoms with van der Waals surface area (Å²) >= 11 is 0. The largest absolute Gasteiger partial charge is 0.459 e. The molecule has 1 heterocycles. The lowest BCUT2D eigenvalue weighted by molar-refractivity contribution is 0.0732. The number of aliphatic imine (C=N–C) groups is 1. The Balaban J connectivity index is 1.61. The molecule has 26 heavy (non-hydrogen) atoms. The Morgan fingerprint density at radius 3 is 2.65 bits per heavy atom. The molecule has 0 aliphatic heterocycles. The minimum absolute atomic E-state index is 0.167. The fraction of sp³-hybridized carbons (Fsp3) is 0.684. The zero-order chi connectivity index (χ0) is 18.8. The first-order valence-electron chi connectivity index (χ1n) is 9.36. The van der Waals surface area contributed by atoms with Gasteiger partial charge in [-0.3, -0.25) is 9.79 Å². The highest BCUT2D eigenvalue weighted by atomic mass is 16.5. The van der Waals surface area contributed by atoms with E-state index < -0.39 is 0 Å². The highest BCUT2D eigenvalue weighted by molar-refractivity contribution is 5.92. The molecule has 0 atom stereocenters. The molecule has 2 rings (SSSR count). The van der Waals surface area contributed by atoms with E-state index in [4.69, 9.17) is 9.15 Å². The molecule has 0 aromatic carbocycles. The molecule has 1 aliphatic rings. The number of amides is 1. The highest BCUT2D eigenvalue weighted by Crippen LogP contribution is 2.43. The molecular weight excluding hydrogens is 332 g/mol. The topological polar surface area (TPSA) is 87.9 Å². The van der Waals surface area contributed by atoms with Gasteiger partial charge >= 0.3 is 0 Å². The fourth-order valence-electron chi connectivity index (χ4n) is 3.19. The molecule has 0 saturated heterocycles. The molecule has 7 nitrogen and oxygen atoms in total. The predicted molar refractivity (Wildman–Crippen MR) is 103 cm³/mol. The molecule has 1 amide bonds. The van der Waals surface area contributed by atoms with Crippen molar-refractivity contribution in [2.45, 2.75) is 39.0 Å². The number of hydrogen-bond acceptors (Lipinski definition) is 4. The highest BCUT2D eigenvalue weighted by Gasteiger charge is 2.36. The van der Waals surface area contributed by atoms with Crippen LogP contribution in [0.4, 0.5) is 0 Å². The summed E-state index contributed by atoms with van der Waals surface area (Å²) < 4.78 is 10.4. The third-order valence-electron chi connectivity index (χ3n) is 5.11. The number of carbonyl (C=O) groups is 1. The lowest BCUT2D eigenvalue weighted by Crippen LogP contribution is -2.47. The Hall–Kier alpha value is -2.02. The van der Waals surface area contributed by atoms with Crippen molar-refractivity contribution < 1.29 is 13.9 Å². The second-order valence-corrected chi connectivity index (χ2v) is 6.99. The second-order valence-electron chi connectivity index (χ2n) is 6.99. The molecular formula is C19H32N4O3. The summed E-state index contributed by atoms with van der Waals surface area (Å²) in [5.74, 6) is 1.03. The van der Waals surface area contributed by atoms with Gasteiger partial charge in [-0.05, 0) is 44.1 Å². The molecule has 0 bridgehead atoms. The van der Waals surface area contributed by atoms with Gasteiger partial charge in [-0.25, -0.2) is 0 Å². The van der Waals surface area contributed by atoms with E-state index >= 15 is 0 Å². The van der Waals surface area contributed by atoms with E-state index in [1.165, 1.54) is 25.5 Å². The Morgan fingerprint density at radius 2 is 2.08 bits per heavy atom. The summed E-state index contributed by atoms with van der Waals surface area (Å²) in [5, 5.41) is 9.60. The SMILES string of the molecule is CN=C(NCCCNC(=O)c1occc1C)NCC1(CCOC)CCC1. The monoisotopic (exact) mass is 364 g/mol. The number of nitrogens with zero attached hydrogens (tertiary/aromatic N) is 1. The maximum atomic E-state index is 11.9. The van der Waals surface area contributed by atoms with Crippen molar-refractivity contribution in [1.29, 1.82) is 0 Å². The van der Waals surface area contributed by atoms with E-state index in [9.17, 15) is 4.79 Å². The number of furan rings is 1. The van der Waals surface area contributed by atoms with Crippen LogP contribution < -0.4 is 16.0 Å². The quantitative estimate of drug-likeness (QED) is 0.336. The molecule has 1 aromatic rings. The Kier molecular flexibility index (Phi) is 7.97. The van der Waals surface area contributed by atoms with Crippen LogP contribution in [0.2, 0.25) is 0 Å². The maximum Gasteiger partial charge on any atom is 0.287 e. The van der Waals surface area contributed by atoms with Crippen LogP contribution in [0.3, 0.4) is 0 Å². The van der Waals surface area contributed by atoms with Crippen LogP contribution in [0.25, 0.3) is 0 Å². The smallest absolute Gasteiger partial charge is 0.287 e. The van der Waals surface area contributed by atoms with Crippen molar-refractivity contribution in [3.05, 3.63) is 23.7 Å². The molecule has 0 radical (unpaired) electrons. The first-order valence-corrected chi connectivity index (χ1v) is 9.36. The number of aryl methyl sites for hydroxylation is 1. The van der Waals surface area contributed by atoms with Gasteiger partial charge in [-0.1, -0.05) is 6.42 Å². The summed E-state index contributed by atoms with van der Waals surface area (Å²) in [4.78, 5) is 16.2. The molecule has 1 fully saturated rings. The third-order valence-corrected chi connectivity index (χ3v) is 5.11. The summed E-state index contributed by atoms with van der Waals surface area (Å²) in [6.07, 6.45) is 7.22. The van der Waals surface area contributed by atoms with Crippen LogP contribution in [0.15, 0.2) is 21.7 Å². The van der Waals surface area contributed by atoms with Gasteiger partial charge in [0.2, 0.25) is 0 Å². The van der Waals surface area contributed by atoms with Crippen molar-refractivity contribution in [1.82, 2.24) is 16.0 Å². The van der Waals surface area contributed by atoms with E-state index in [-0.39, 0.29) is 5.91 Å². The van der Waals surface area contributed by atoms with Gasteiger partial charge in [0.05, 0.1) is 6.26 Å². The number of hydrogen-bond donors (Lipinski definition) is 3. The van der Waals surface area contributed by atoms with Crippen LogP contribution in [-0.4, -0.2) is 52.3 Å². The van der Waals surface area contributed by atoms with Crippen LogP contribution in [-0.2, 0) is 4.74 Å². The Labute approximate surface area is 156 Å². The maximum absolute atomic E-state index is 11.9. The van der Waals surface area contributed by atoms with Crippen molar-refractivity contribution in [2.24, 2.45) is 10.4 Å². The molecule has 7 heteroatoms. The van der Waals surface area contributed by atoms with Gasteiger partial charge < -0.3 is 25.1 Å². The molecule has 3 N–H and O–H groups in total. The number of carbonyl (C=O) groups excluding carboxylic acids is 1. The minimum Gasteiger partial charge on any atom is -0.459 e. The number of nitrogens with one attached hydrogen (secondary N) is 3. The second kappa shape index (κ2) is 10.2. The first-order chi connectivity index (χ1) is 12.6. The van der Waals surface area contributed by atoms with Gasteiger partial charge in [0.15, 0.2) is 11.7 Å². The van der Waals surface area contributed by atoms with E-state index in [0.717, 1.165) is 44.1 Å². The first kappa shape index (κ1) is 20.3. The minimum atomic E-state index is -0.167. The lowest BCUT2D eigenvalue weighted by Gasteiger charge is -2.42. The van der Waals surface area contributed by atoms with E-state index in [2.05, 4.69) is 20.9 Å². The third kappa shape index (κ3) is 5.76. The van der Waals surface area contributed by atoms with Crippen LogP contribution in [0.1, 0.15) is 48.2 Å². The Bertz CT molecular complexity index is 593. The predicted octanol–water partition coefficient (Wildman–Crippen LogP) is 2.08. The zero-order valence-corrected chi connectivity index (χ0v) is 16.2. The summed E-state index contributed by atoms with van der Waals surface area (Å²) in [7, 11) is 3.53. The Morgan fingerprint density at radius 1 is 1.31 bits per heavy atom. The van der Waals surface area contributed by atoms with Crippen molar-refractivity contribution in [2.75, 3.05) is 40.4 Å². The van der Waals surface area contributed by atoms with Crippen LogP contribution in [0.5, 0.6) is 0 Å². The van der Waals surface area contributed by atoms with Gasteiger partial charge in [-0.2, -0.15) is 0 Å². The van der Waals surface area contributed by atoms with Gasteiger partial charge in [-0.15, -0.1) is 0 Å². The summed E-state index contributed by atoms with van der Waals surface area (Å²) in [5.41, 5.74) is 1.20. The lowest BCUT2D eigenvalue weighted by atomic mass is 9.67. The van der Waals surface area contributed by atoms with Crippen LogP contribution >= 0.6 is 0 Å². The number of guanidine groups is 1. The normalized spacial score (nSPS) is 16.0. The zero-order valence-electron chi connectivity index (χ0n) is 16.2. The van der Waals surface area contributed by atoms with Gasteiger partial charge in [0.25, 0.3) is 5.91 Å².